The molecule has 0 aromatic heterocycles. The van der Waals surface area contributed by atoms with E-state index in [-0.39, 0.29) is 6.03 Å². The van der Waals surface area contributed by atoms with Gasteiger partial charge < -0.3 is 9.80 Å². The molecule has 1 fully saturated rings. The molecule has 1 aliphatic rings. The number of rotatable bonds is 4. The number of benzene rings is 2. The van der Waals surface area contributed by atoms with Gasteiger partial charge in [0.25, 0.3) is 0 Å². The molecule has 0 atom stereocenters. The maximum Gasteiger partial charge on any atom is 0.320 e. The average molecular weight is 363 g/mol. The highest BCUT2D eigenvalue weighted by Gasteiger charge is 2.27. The Morgan fingerprint density at radius 1 is 0.917 bits per heavy atom. The smallest absolute Gasteiger partial charge is 0.320 e. The molecule has 2 aromatic carbocycles. The number of hydrogen-bond acceptors (Lipinski definition) is 1. The lowest BCUT2D eigenvalue weighted by Crippen LogP contribution is -2.48. The SMILES string of the molecule is Cc1ccccc1CN1CCCN(Cc2c(Cl)cccc2Cl)C1=O. The van der Waals surface area contributed by atoms with Crippen LogP contribution in [0.1, 0.15) is 23.1 Å². The normalized spacial score (nSPS) is 15.0. The van der Waals surface area contributed by atoms with E-state index in [0.717, 1.165) is 25.1 Å². The zero-order valence-electron chi connectivity index (χ0n) is 13.6. The van der Waals surface area contributed by atoms with Gasteiger partial charge in [-0.15, -0.1) is 0 Å². The van der Waals surface area contributed by atoms with Crippen LogP contribution in [0.2, 0.25) is 10.0 Å². The van der Waals surface area contributed by atoms with E-state index in [4.69, 9.17) is 23.2 Å². The van der Waals surface area contributed by atoms with Gasteiger partial charge in [-0.3, -0.25) is 0 Å². The molecule has 1 aliphatic heterocycles. The van der Waals surface area contributed by atoms with Gasteiger partial charge in [0.1, 0.15) is 0 Å². The molecular formula is C19H20Cl2N2O. The Labute approximate surface area is 152 Å². The lowest BCUT2D eigenvalue weighted by molar-refractivity contribution is 0.123. The number of nitrogens with zero attached hydrogens (tertiary/aromatic N) is 2. The summed E-state index contributed by atoms with van der Waals surface area (Å²) >= 11 is 12.5. The van der Waals surface area contributed by atoms with Crippen LogP contribution in [-0.4, -0.2) is 28.9 Å². The Hall–Kier alpha value is -1.71. The van der Waals surface area contributed by atoms with Crippen LogP contribution < -0.4 is 0 Å². The summed E-state index contributed by atoms with van der Waals surface area (Å²) < 4.78 is 0. The summed E-state index contributed by atoms with van der Waals surface area (Å²) in [6.07, 6.45) is 0.944. The number of carbonyl (C=O) groups is 1. The molecular weight excluding hydrogens is 343 g/mol. The molecule has 3 nitrogen and oxygen atoms in total. The third-order valence-electron chi connectivity index (χ3n) is 4.43. The Kier molecular flexibility index (Phi) is 5.32. The van der Waals surface area contributed by atoms with Gasteiger partial charge in [0.2, 0.25) is 0 Å². The molecule has 2 aromatic rings. The minimum atomic E-state index is 0.0421. The van der Waals surface area contributed by atoms with E-state index in [2.05, 4.69) is 19.1 Å². The molecule has 0 unspecified atom stereocenters. The minimum absolute atomic E-state index is 0.0421. The first-order chi connectivity index (χ1) is 11.6. The van der Waals surface area contributed by atoms with E-state index >= 15 is 0 Å². The molecule has 0 radical (unpaired) electrons. The highest BCUT2D eigenvalue weighted by Crippen LogP contribution is 2.27. The van der Waals surface area contributed by atoms with Gasteiger partial charge in [-0.25, -0.2) is 4.79 Å². The second-order valence-electron chi connectivity index (χ2n) is 6.11. The van der Waals surface area contributed by atoms with Crippen LogP contribution in [0, 0.1) is 6.92 Å². The van der Waals surface area contributed by atoms with Gasteiger partial charge >= 0.3 is 6.03 Å². The van der Waals surface area contributed by atoms with Crippen molar-refractivity contribution in [2.75, 3.05) is 13.1 Å². The Balaban J connectivity index is 1.74. The molecule has 24 heavy (non-hydrogen) atoms. The van der Waals surface area contributed by atoms with Crippen LogP contribution in [0.4, 0.5) is 4.79 Å². The predicted molar refractivity (Wildman–Crippen MR) is 98.5 cm³/mol. The Morgan fingerprint density at radius 2 is 1.54 bits per heavy atom. The minimum Gasteiger partial charge on any atom is -0.320 e. The molecule has 0 aliphatic carbocycles. The van der Waals surface area contributed by atoms with Crippen molar-refractivity contribution in [3.63, 3.8) is 0 Å². The van der Waals surface area contributed by atoms with Gasteiger partial charge in [0.15, 0.2) is 0 Å². The maximum absolute atomic E-state index is 12.8. The van der Waals surface area contributed by atoms with Crippen molar-refractivity contribution in [2.24, 2.45) is 0 Å². The maximum atomic E-state index is 12.8. The zero-order valence-corrected chi connectivity index (χ0v) is 15.1. The number of urea groups is 1. The third kappa shape index (κ3) is 3.68. The molecule has 0 bridgehead atoms. The first kappa shape index (κ1) is 17.1. The van der Waals surface area contributed by atoms with Crippen LogP contribution in [-0.2, 0) is 13.1 Å². The van der Waals surface area contributed by atoms with Crippen molar-refractivity contribution in [1.29, 1.82) is 0 Å². The summed E-state index contributed by atoms with van der Waals surface area (Å²) in [5, 5.41) is 1.21. The van der Waals surface area contributed by atoms with Crippen molar-refractivity contribution < 1.29 is 4.79 Å². The third-order valence-corrected chi connectivity index (χ3v) is 5.14. The highest BCUT2D eigenvalue weighted by molar-refractivity contribution is 6.36. The number of amides is 2. The number of halogens is 2. The van der Waals surface area contributed by atoms with E-state index in [1.54, 1.807) is 0 Å². The summed E-state index contributed by atoms with van der Waals surface area (Å²) in [4.78, 5) is 16.6. The van der Waals surface area contributed by atoms with Crippen LogP contribution in [0.15, 0.2) is 42.5 Å². The van der Waals surface area contributed by atoms with Crippen LogP contribution in [0.25, 0.3) is 0 Å². The average Bonchev–Trinajstić information content (AvgIpc) is 2.56. The van der Waals surface area contributed by atoms with Gasteiger partial charge in [0.05, 0.1) is 6.54 Å². The standard InChI is InChI=1S/C19H20Cl2N2O/c1-14-6-2-3-7-15(14)12-22-10-5-11-23(19(22)24)13-16-17(20)8-4-9-18(16)21/h2-4,6-9H,5,10-13H2,1H3. The first-order valence-electron chi connectivity index (χ1n) is 8.07. The summed E-state index contributed by atoms with van der Waals surface area (Å²) in [5.74, 6) is 0. The van der Waals surface area contributed by atoms with Crippen molar-refractivity contribution in [2.45, 2.75) is 26.4 Å². The number of hydrogen-bond donors (Lipinski definition) is 0. The van der Waals surface area contributed by atoms with Gasteiger partial charge in [-0.05, 0) is 36.6 Å². The molecule has 126 valence electrons. The summed E-state index contributed by atoms with van der Waals surface area (Å²) in [6.45, 7) is 4.66. The predicted octanol–water partition coefficient (Wildman–Crippen LogP) is 5.13. The number of carbonyl (C=O) groups excluding carboxylic acids is 1. The molecule has 0 spiro atoms. The topological polar surface area (TPSA) is 23.6 Å². The molecule has 0 saturated carbocycles. The summed E-state index contributed by atoms with van der Waals surface area (Å²) in [5.41, 5.74) is 3.20. The molecule has 1 saturated heterocycles. The largest absolute Gasteiger partial charge is 0.320 e. The van der Waals surface area contributed by atoms with Crippen LogP contribution in [0.3, 0.4) is 0 Å². The van der Waals surface area contributed by atoms with Crippen molar-refractivity contribution in [1.82, 2.24) is 9.80 Å². The van der Waals surface area contributed by atoms with E-state index in [1.165, 1.54) is 11.1 Å². The van der Waals surface area contributed by atoms with Crippen LogP contribution >= 0.6 is 23.2 Å². The summed E-state index contributed by atoms with van der Waals surface area (Å²) in [7, 11) is 0. The van der Waals surface area contributed by atoms with E-state index < -0.39 is 0 Å². The lowest BCUT2D eigenvalue weighted by Gasteiger charge is -2.36. The van der Waals surface area contributed by atoms with Crippen molar-refractivity contribution in [3.8, 4) is 0 Å². The molecule has 1 heterocycles. The van der Waals surface area contributed by atoms with Crippen molar-refractivity contribution >= 4 is 29.2 Å². The fourth-order valence-electron chi connectivity index (χ4n) is 3.00. The zero-order chi connectivity index (χ0) is 17.1. The molecule has 3 rings (SSSR count). The van der Waals surface area contributed by atoms with Crippen LogP contribution in [0.5, 0.6) is 0 Å². The fraction of sp³-hybridized carbons (Fsp3) is 0.316. The monoisotopic (exact) mass is 362 g/mol. The van der Waals surface area contributed by atoms with Gasteiger partial charge in [0, 0.05) is 35.2 Å². The van der Waals surface area contributed by atoms with E-state index in [9.17, 15) is 4.79 Å². The highest BCUT2D eigenvalue weighted by atomic mass is 35.5. The van der Waals surface area contributed by atoms with Gasteiger partial charge in [-0.2, -0.15) is 0 Å². The molecule has 0 N–H and O–H groups in total. The summed E-state index contributed by atoms with van der Waals surface area (Å²) in [6, 6.07) is 13.7. The Morgan fingerprint density at radius 3 is 2.21 bits per heavy atom. The quantitative estimate of drug-likeness (QED) is 0.739. The second kappa shape index (κ2) is 7.45. The van der Waals surface area contributed by atoms with Gasteiger partial charge in [-0.1, -0.05) is 53.5 Å². The second-order valence-corrected chi connectivity index (χ2v) is 6.92. The molecule has 2 amide bonds. The number of aryl methyl sites for hydroxylation is 1. The fourth-order valence-corrected chi connectivity index (χ4v) is 3.52. The van der Waals surface area contributed by atoms with E-state index in [1.807, 2.05) is 40.1 Å². The lowest BCUT2D eigenvalue weighted by atomic mass is 10.1. The Bertz CT molecular complexity index is 728. The van der Waals surface area contributed by atoms with E-state index in [0.29, 0.717) is 23.1 Å². The molecule has 5 heteroatoms. The van der Waals surface area contributed by atoms with Crippen molar-refractivity contribution in [3.05, 3.63) is 69.2 Å². The first-order valence-corrected chi connectivity index (χ1v) is 8.83.